The molecule has 0 bridgehead atoms. The number of carboxylic acid groups (broad SMARTS) is 1. The van der Waals surface area contributed by atoms with Crippen LogP contribution in [0.15, 0.2) is 23.1 Å². The van der Waals surface area contributed by atoms with E-state index >= 15 is 0 Å². The molecule has 0 amide bonds. The first-order valence-corrected chi connectivity index (χ1v) is 7.87. The third-order valence-corrected chi connectivity index (χ3v) is 4.00. The zero-order valence-electron chi connectivity index (χ0n) is 11.8. The van der Waals surface area contributed by atoms with Gasteiger partial charge in [-0.05, 0) is 31.0 Å². The molecular weight excluding hydrogens is 280 g/mol. The van der Waals surface area contributed by atoms with E-state index in [9.17, 15) is 13.2 Å². The zero-order chi connectivity index (χ0) is 15.3. The second-order valence-electron chi connectivity index (χ2n) is 4.79. The first kappa shape index (κ1) is 16.5. The molecule has 0 aliphatic heterocycles. The van der Waals surface area contributed by atoms with Gasteiger partial charge in [0.25, 0.3) is 0 Å². The molecule has 0 radical (unpaired) electrons. The molecule has 0 unspecified atom stereocenters. The third kappa shape index (κ3) is 4.21. The van der Waals surface area contributed by atoms with E-state index in [1.54, 1.807) is 0 Å². The molecule has 0 heterocycles. The van der Waals surface area contributed by atoms with E-state index < -0.39 is 16.0 Å². The summed E-state index contributed by atoms with van der Waals surface area (Å²) in [4.78, 5) is 11.1. The van der Waals surface area contributed by atoms with Gasteiger partial charge in [0.05, 0.1) is 10.5 Å². The van der Waals surface area contributed by atoms with Crippen molar-refractivity contribution in [2.45, 2.75) is 25.7 Å². The molecule has 0 fully saturated rings. The highest BCUT2D eigenvalue weighted by Gasteiger charge is 2.18. The Labute approximate surface area is 119 Å². The number of anilines is 1. The van der Waals surface area contributed by atoms with Gasteiger partial charge in [0.15, 0.2) is 0 Å². The Morgan fingerprint density at radius 2 is 2.00 bits per heavy atom. The van der Waals surface area contributed by atoms with Gasteiger partial charge < -0.3 is 10.4 Å². The third-order valence-electron chi connectivity index (χ3n) is 2.58. The van der Waals surface area contributed by atoms with Crippen LogP contribution in [0.1, 0.15) is 31.1 Å². The lowest BCUT2D eigenvalue weighted by Crippen LogP contribution is -2.27. The Morgan fingerprint density at radius 1 is 1.35 bits per heavy atom. The molecule has 20 heavy (non-hydrogen) atoms. The van der Waals surface area contributed by atoms with Crippen LogP contribution < -0.4 is 10.0 Å². The quantitative estimate of drug-likeness (QED) is 0.713. The predicted molar refractivity (Wildman–Crippen MR) is 77.6 cm³/mol. The van der Waals surface area contributed by atoms with Crippen molar-refractivity contribution in [3.05, 3.63) is 23.8 Å². The first-order valence-electron chi connectivity index (χ1n) is 6.38. The fourth-order valence-corrected chi connectivity index (χ4v) is 2.81. The van der Waals surface area contributed by atoms with Crippen molar-refractivity contribution in [1.29, 1.82) is 0 Å². The molecule has 6 nitrogen and oxygen atoms in total. The van der Waals surface area contributed by atoms with E-state index in [1.807, 2.05) is 20.8 Å². The Balaban J connectivity index is 3.14. The number of benzene rings is 1. The zero-order valence-corrected chi connectivity index (χ0v) is 12.6. The molecule has 0 aromatic heterocycles. The van der Waals surface area contributed by atoms with Gasteiger partial charge in [-0.3, -0.25) is 0 Å². The number of hydrogen-bond donors (Lipinski definition) is 3. The molecule has 1 aromatic rings. The van der Waals surface area contributed by atoms with E-state index in [0.29, 0.717) is 18.8 Å². The number of rotatable bonds is 7. The fraction of sp³-hybridized carbons (Fsp3) is 0.462. The predicted octanol–water partition coefficient (Wildman–Crippen LogP) is 1.75. The highest BCUT2D eigenvalue weighted by Crippen LogP contribution is 2.20. The van der Waals surface area contributed by atoms with Crippen molar-refractivity contribution < 1.29 is 18.3 Å². The number of aromatic carboxylic acids is 1. The van der Waals surface area contributed by atoms with Gasteiger partial charge in [-0.1, -0.05) is 13.8 Å². The summed E-state index contributed by atoms with van der Waals surface area (Å²) in [6.07, 6.45) is 0. The number of carbonyl (C=O) groups is 1. The van der Waals surface area contributed by atoms with E-state index in [2.05, 4.69) is 10.0 Å². The summed E-state index contributed by atoms with van der Waals surface area (Å²) in [7, 11) is -3.68. The minimum Gasteiger partial charge on any atom is -0.478 e. The summed E-state index contributed by atoms with van der Waals surface area (Å²) >= 11 is 0. The van der Waals surface area contributed by atoms with Gasteiger partial charge in [0, 0.05) is 18.8 Å². The van der Waals surface area contributed by atoms with Crippen molar-refractivity contribution in [2.75, 3.05) is 18.4 Å². The standard InChI is InChI=1S/C13H20N2O4S/c1-4-14-12-6-5-10(7-11(12)13(16)17)20(18,19)15-8-9(2)3/h5-7,9,14-15H,4,8H2,1-3H3,(H,16,17). The topological polar surface area (TPSA) is 95.5 Å². The summed E-state index contributed by atoms with van der Waals surface area (Å²) in [6.45, 7) is 6.47. The molecule has 1 aromatic carbocycles. The van der Waals surface area contributed by atoms with Crippen molar-refractivity contribution in [1.82, 2.24) is 4.72 Å². The van der Waals surface area contributed by atoms with Gasteiger partial charge in [-0.25, -0.2) is 17.9 Å². The monoisotopic (exact) mass is 300 g/mol. The Bertz CT molecular complexity index is 582. The molecule has 1 rings (SSSR count). The molecule has 0 atom stereocenters. The van der Waals surface area contributed by atoms with Crippen LogP contribution >= 0.6 is 0 Å². The van der Waals surface area contributed by atoms with Gasteiger partial charge in [0.2, 0.25) is 10.0 Å². The van der Waals surface area contributed by atoms with Crippen LogP contribution in [0.3, 0.4) is 0 Å². The molecule has 0 spiro atoms. The van der Waals surface area contributed by atoms with Crippen LogP contribution in [-0.4, -0.2) is 32.6 Å². The van der Waals surface area contributed by atoms with Crippen molar-refractivity contribution in [3.8, 4) is 0 Å². The summed E-state index contributed by atoms with van der Waals surface area (Å²) < 4.78 is 26.6. The maximum absolute atomic E-state index is 12.1. The van der Waals surface area contributed by atoms with E-state index in [4.69, 9.17) is 5.11 Å². The van der Waals surface area contributed by atoms with Crippen LogP contribution in [0.5, 0.6) is 0 Å². The number of nitrogens with one attached hydrogen (secondary N) is 2. The van der Waals surface area contributed by atoms with Gasteiger partial charge in [-0.15, -0.1) is 0 Å². The molecule has 0 aliphatic rings. The van der Waals surface area contributed by atoms with Crippen LogP contribution in [0.4, 0.5) is 5.69 Å². The van der Waals surface area contributed by atoms with Gasteiger partial charge in [0.1, 0.15) is 0 Å². The molecule has 3 N–H and O–H groups in total. The number of hydrogen-bond acceptors (Lipinski definition) is 4. The minimum atomic E-state index is -3.68. The maximum atomic E-state index is 12.1. The summed E-state index contributed by atoms with van der Waals surface area (Å²) in [5, 5.41) is 12.0. The van der Waals surface area contributed by atoms with E-state index in [-0.39, 0.29) is 16.4 Å². The molecule has 112 valence electrons. The van der Waals surface area contributed by atoms with Crippen LogP contribution in [0, 0.1) is 5.92 Å². The average molecular weight is 300 g/mol. The highest BCUT2D eigenvalue weighted by atomic mass is 32.2. The Morgan fingerprint density at radius 3 is 2.50 bits per heavy atom. The van der Waals surface area contributed by atoms with Crippen molar-refractivity contribution in [3.63, 3.8) is 0 Å². The maximum Gasteiger partial charge on any atom is 0.337 e. The van der Waals surface area contributed by atoms with Crippen LogP contribution in [0.2, 0.25) is 0 Å². The highest BCUT2D eigenvalue weighted by molar-refractivity contribution is 7.89. The smallest absolute Gasteiger partial charge is 0.337 e. The largest absolute Gasteiger partial charge is 0.478 e. The molecule has 0 aliphatic carbocycles. The Hall–Kier alpha value is -1.60. The first-order chi connectivity index (χ1) is 9.27. The number of sulfonamides is 1. The van der Waals surface area contributed by atoms with Crippen LogP contribution in [0.25, 0.3) is 0 Å². The summed E-state index contributed by atoms with van der Waals surface area (Å²) in [5.41, 5.74) is 0.349. The van der Waals surface area contributed by atoms with Crippen molar-refractivity contribution in [2.24, 2.45) is 5.92 Å². The lowest BCUT2D eigenvalue weighted by molar-refractivity contribution is 0.0697. The van der Waals surface area contributed by atoms with Crippen LogP contribution in [-0.2, 0) is 10.0 Å². The van der Waals surface area contributed by atoms with E-state index in [1.165, 1.54) is 18.2 Å². The lowest BCUT2D eigenvalue weighted by Gasteiger charge is -2.12. The molecule has 0 saturated heterocycles. The van der Waals surface area contributed by atoms with Gasteiger partial charge >= 0.3 is 5.97 Å². The lowest BCUT2D eigenvalue weighted by atomic mass is 10.2. The fourth-order valence-electron chi connectivity index (χ4n) is 1.57. The molecule has 7 heteroatoms. The second kappa shape index (κ2) is 6.71. The molecular formula is C13H20N2O4S. The Kier molecular flexibility index (Phi) is 5.52. The average Bonchev–Trinajstić information content (AvgIpc) is 2.37. The second-order valence-corrected chi connectivity index (χ2v) is 6.56. The SMILES string of the molecule is CCNc1ccc(S(=O)(=O)NCC(C)C)cc1C(=O)O. The van der Waals surface area contributed by atoms with E-state index in [0.717, 1.165) is 0 Å². The summed E-state index contributed by atoms with van der Waals surface area (Å²) in [6, 6.07) is 4.03. The molecule has 0 saturated carbocycles. The number of carboxylic acids is 1. The normalized spacial score (nSPS) is 11.6. The van der Waals surface area contributed by atoms with Gasteiger partial charge in [-0.2, -0.15) is 0 Å². The van der Waals surface area contributed by atoms with Crippen molar-refractivity contribution >= 4 is 21.7 Å². The minimum absolute atomic E-state index is 0.0443. The summed E-state index contributed by atoms with van der Waals surface area (Å²) in [5.74, 6) is -0.994.